The Bertz CT molecular complexity index is 660. The first-order valence-electron chi connectivity index (χ1n) is 5.68. The number of aromatic nitrogens is 2. The van der Waals surface area contributed by atoms with Crippen LogP contribution in [0, 0.1) is 15.2 Å². The lowest BCUT2D eigenvalue weighted by Crippen LogP contribution is -2.14. The average Bonchev–Trinajstić information content (AvgIpc) is 2.85. The largest absolute Gasteiger partial charge is 0.320 e. The fourth-order valence-corrected chi connectivity index (χ4v) is 2.81. The maximum Gasteiger partial charge on any atom is 0.269 e. The lowest BCUT2D eigenvalue weighted by atomic mass is 10.1. The van der Waals surface area contributed by atoms with Crippen LogP contribution in [0.2, 0.25) is 0 Å². The van der Waals surface area contributed by atoms with E-state index in [9.17, 15) is 13.6 Å². The van der Waals surface area contributed by atoms with E-state index in [-0.39, 0.29) is 11.6 Å². The molecular formula is C12H10F2IN3OS. The van der Waals surface area contributed by atoms with Gasteiger partial charge < -0.3 is 5.32 Å². The first-order valence-corrected chi connectivity index (χ1v) is 7.53. The van der Waals surface area contributed by atoms with Crippen LogP contribution in [-0.4, -0.2) is 15.5 Å². The third-order valence-corrected chi connectivity index (χ3v) is 4.16. The molecule has 0 fully saturated rings. The summed E-state index contributed by atoms with van der Waals surface area (Å²) in [6.07, 6.45) is 0. The van der Waals surface area contributed by atoms with Crippen molar-refractivity contribution < 1.29 is 13.6 Å². The van der Waals surface area contributed by atoms with Crippen LogP contribution >= 0.6 is 34.1 Å². The van der Waals surface area contributed by atoms with Gasteiger partial charge in [-0.1, -0.05) is 18.3 Å². The minimum absolute atomic E-state index is 0.0542. The molecule has 106 valence electrons. The zero-order chi connectivity index (χ0) is 14.9. The number of nitrogens with one attached hydrogen (secondary N) is 1. The molecule has 2 aromatic rings. The number of benzene rings is 1. The number of rotatable bonds is 3. The Morgan fingerprint density at radius 3 is 2.65 bits per heavy atom. The SMILES string of the molecule is CC(C)c1nnsc1C(=O)Nc1cc(F)c(F)cc1I. The molecule has 0 atom stereocenters. The smallest absolute Gasteiger partial charge is 0.269 e. The molecule has 0 aliphatic carbocycles. The Morgan fingerprint density at radius 1 is 1.35 bits per heavy atom. The summed E-state index contributed by atoms with van der Waals surface area (Å²) in [7, 11) is 0. The van der Waals surface area contributed by atoms with Crippen LogP contribution in [-0.2, 0) is 0 Å². The Kier molecular flexibility index (Phi) is 4.63. The first kappa shape index (κ1) is 15.2. The van der Waals surface area contributed by atoms with Crippen LogP contribution in [0.15, 0.2) is 12.1 Å². The molecule has 0 saturated heterocycles. The molecule has 0 saturated carbocycles. The van der Waals surface area contributed by atoms with E-state index in [1.165, 1.54) is 0 Å². The molecule has 0 bridgehead atoms. The number of amides is 1. The molecule has 20 heavy (non-hydrogen) atoms. The van der Waals surface area contributed by atoms with Gasteiger partial charge in [0.2, 0.25) is 0 Å². The maximum absolute atomic E-state index is 13.2. The summed E-state index contributed by atoms with van der Waals surface area (Å²) in [6.45, 7) is 3.80. The van der Waals surface area contributed by atoms with E-state index < -0.39 is 17.5 Å². The van der Waals surface area contributed by atoms with Gasteiger partial charge in [0.25, 0.3) is 5.91 Å². The quantitative estimate of drug-likeness (QED) is 0.620. The van der Waals surface area contributed by atoms with Gasteiger partial charge in [-0.25, -0.2) is 8.78 Å². The molecule has 0 radical (unpaired) electrons. The third kappa shape index (κ3) is 3.11. The molecule has 0 aliphatic rings. The number of anilines is 1. The summed E-state index contributed by atoms with van der Waals surface area (Å²) in [5.74, 6) is -2.33. The molecule has 1 amide bonds. The van der Waals surface area contributed by atoms with Crippen molar-refractivity contribution in [3.8, 4) is 0 Å². The minimum atomic E-state index is -1.01. The predicted octanol–water partition coefficient (Wildman–Crippen LogP) is 3.80. The van der Waals surface area contributed by atoms with E-state index >= 15 is 0 Å². The molecule has 1 N–H and O–H groups in total. The molecule has 1 aromatic heterocycles. The standard InChI is InChI=1S/C12H10F2IN3OS/c1-5(2)10-11(20-18-17-10)12(19)16-9-4-7(14)6(13)3-8(9)15/h3-5H,1-2H3,(H,16,19). The van der Waals surface area contributed by atoms with E-state index in [0.29, 0.717) is 14.1 Å². The second kappa shape index (κ2) is 6.08. The highest BCUT2D eigenvalue weighted by molar-refractivity contribution is 14.1. The van der Waals surface area contributed by atoms with Crippen LogP contribution in [0.5, 0.6) is 0 Å². The summed E-state index contributed by atoms with van der Waals surface area (Å²) in [5, 5.41) is 6.46. The summed E-state index contributed by atoms with van der Waals surface area (Å²) < 4.78 is 30.4. The van der Waals surface area contributed by atoms with Gasteiger partial charge in [-0.2, -0.15) is 0 Å². The van der Waals surface area contributed by atoms with Crippen LogP contribution < -0.4 is 5.32 Å². The monoisotopic (exact) mass is 409 g/mol. The zero-order valence-corrected chi connectivity index (χ0v) is 13.6. The second-order valence-corrected chi connectivity index (χ2v) is 6.26. The fourth-order valence-electron chi connectivity index (χ4n) is 1.53. The molecule has 1 aromatic carbocycles. The lowest BCUT2D eigenvalue weighted by Gasteiger charge is -2.08. The summed E-state index contributed by atoms with van der Waals surface area (Å²) in [5.41, 5.74) is 0.808. The Balaban J connectivity index is 2.28. The van der Waals surface area contributed by atoms with Crippen molar-refractivity contribution in [3.63, 3.8) is 0 Å². The van der Waals surface area contributed by atoms with Crippen molar-refractivity contribution in [2.75, 3.05) is 5.32 Å². The van der Waals surface area contributed by atoms with Crippen LogP contribution in [0.3, 0.4) is 0 Å². The van der Waals surface area contributed by atoms with E-state index in [2.05, 4.69) is 14.9 Å². The highest BCUT2D eigenvalue weighted by Crippen LogP contribution is 2.25. The highest BCUT2D eigenvalue weighted by Gasteiger charge is 2.20. The van der Waals surface area contributed by atoms with Gasteiger partial charge in [-0.05, 0) is 46.1 Å². The first-order chi connectivity index (χ1) is 9.40. The normalized spacial score (nSPS) is 10.9. The van der Waals surface area contributed by atoms with E-state index in [0.717, 1.165) is 23.7 Å². The molecule has 0 spiro atoms. The predicted molar refractivity (Wildman–Crippen MR) is 81.0 cm³/mol. The van der Waals surface area contributed by atoms with E-state index in [4.69, 9.17) is 0 Å². The van der Waals surface area contributed by atoms with Gasteiger partial charge in [0.05, 0.1) is 11.4 Å². The number of carbonyl (C=O) groups is 1. The number of nitrogens with zero attached hydrogens (tertiary/aromatic N) is 2. The maximum atomic E-state index is 13.2. The zero-order valence-electron chi connectivity index (χ0n) is 10.6. The Morgan fingerprint density at radius 2 is 2.00 bits per heavy atom. The Hall–Kier alpha value is -1.16. The molecule has 8 heteroatoms. The van der Waals surface area contributed by atoms with Gasteiger partial charge in [-0.15, -0.1) is 5.10 Å². The average molecular weight is 409 g/mol. The molecule has 0 unspecified atom stereocenters. The van der Waals surface area contributed by atoms with Crippen LogP contribution in [0.4, 0.5) is 14.5 Å². The molecule has 1 heterocycles. The van der Waals surface area contributed by atoms with Crippen molar-refractivity contribution in [3.05, 3.63) is 37.9 Å². The van der Waals surface area contributed by atoms with Gasteiger partial charge >= 0.3 is 0 Å². The van der Waals surface area contributed by atoms with Crippen molar-refractivity contribution in [1.29, 1.82) is 0 Å². The summed E-state index contributed by atoms with van der Waals surface area (Å²) >= 11 is 2.80. The molecule has 2 rings (SSSR count). The van der Waals surface area contributed by atoms with Gasteiger partial charge in [-0.3, -0.25) is 4.79 Å². The van der Waals surface area contributed by atoms with Gasteiger partial charge in [0.15, 0.2) is 11.6 Å². The van der Waals surface area contributed by atoms with Crippen molar-refractivity contribution in [1.82, 2.24) is 9.59 Å². The number of hydrogen-bond donors (Lipinski definition) is 1. The van der Waals surface area contributed by atoms with Gasteiger partial charge in [0, 0.05) is 9.64 Å². The van der Waals surface area contributed by atoms with Crippen molar-refractivity contribution in [2.24, 2.45) is 0 Å². The van der Waals surface area contributed by atoms with Crippen molar-refractivity contribution >= 4 is 45.7 Å². The second-order valence-electron chi connectivity index (χ2n) is 4.34. The molecule has 4 nitrogen and oxygen atoms in total. The van der Waals surface area contributed by atoms with Crippen molar-refractivity contribution in [2.45, 2.75) is 19.8 Å². The van der Waals surface area contributed by atoms with E-state index in [1.54, 1.807) is 0 Å². The molecule has 0 aliphatic heterocycles. The lowest BCUT2D eigenvalue weighted by molar-refractivity contribution is 0.102. The summed E-state index contributed by atoms with van der Waals surface area (Å²) in [6, 6.07) is 1.98. The van der Waals surface area contributed by atoms with Crippen LogP contribution in [0.25, 0.3) is 0 Å². The van der Waals surface area contributed by atoms with Crippen LogP contribution in [0.1, 0.15) is 35.1 Å². The fraction of sp³-hybridized carbons (Fsp3) is 0.250. The number of hydrogen-bond acceptors (Lipinski definition) is 4. The topological polar surface area (TPSA) is 54.9 Å². The minimum Gasteiger partial charge on any atom is -0.320 e. The van der Waals surface area contributed by atoms with E-state index in [1.807, 2.05) is 36.4 Å². The highest BCUT2D eigenvalue weighted by atomic mass is 127. The van der Waals surface area contributed by atoms with Gasteiger partial charge in [0.1, 0.15) is 4.88 Å². The Labute approximate surface area is 131 Å². The third-order valence-electron chi connectivity index (χ3n) is 2.52. The molecular weight excluding hydrogens is 399 g/mol. The number of halogens is 3. The summed E-state index contributed by atoms with van der Waals surface area (Å²) in [4.78, 5) is 12.5. The number of carbonyl (C=O) groups excluding carboxylic acids is 1.